The van der Waals surface area contributed by atoms with Gasteiger partial charge in [-0.3, -0.25) is 4.79 Å². The van der Waals surface area contributed by atoms with Gasteiger partial charge in [-0.15, -0.1) is 11.3 Å². The number of hydrogen-bond acceptors (Lipinski definition) is 3. The van der Waals surface area contributed by atoms with Gasteiger partial charge in [0.2, 0.25) is 0 Å². The molecule has 1 atom stereocenters. The second kappa shape index (κ2) is 3.02. The molecule has 0 aliphatic heterocycles. The van der Waals surface area contributed by atoms with Crippen LogP contribution < -0.4 is 5.73 Å². The highest BCUT2D eigenvalue weighted by molar-refractivity contribution is 7.10. The molecular formula is C7H9NO2S. The molecule has 0 radical (unpaired) electrons. The molecule has 0 saturated carbocycles. The molecule has 3 N–H and O–H groups in total. The third kappa shape index (κ3) is 1.58. The molecule has 1 aromatic rings. The lowest BCUT2D eigenvalue weighted by molar-refractivity contribution is -0.138. The summed E-state index contributed by atoms with van der Waals surface area (Å²) in [6.07, 6.45) is 0. The Labute approximate surface area is 68.5 Å². The fourth-order valence-corrected chi connectivity index (χ4v) is 1.74. The second-order valence-corrected chi connectivity index (χ2v) is 3.23. The molecular weight excluding hydrogens is 162 g/mol. The van der Waals surface area contributed by atoms with Crippen LogP contribution in [0.2, 0.25) is 0 Å². The third-order valence-corrected chi connectivity index (χ3v) is 2.55. The number of carbonyl (C=O) groups is 1. The molecule has 60 valence electrons. The van der Waals surface area contributed by atoms with Crippen molar-refractivity contribution in [2.45, 2.75) is 13.0 Å². The number of rotatable bonds is 2. The van der Waals surface area contributed by atoms with Gasteiger partial charge in [0.1, 0.15) is 6.04 Å². The maximum atomic E-state index is 10.4. The van der Waals surface area contributed by atoms with Gasteiger partial charge in [-0.25, -0.2) is 0 Å². The summed E-state index contributed by atoms with van der Waals surface area (Å²) in [6, 6.07) is 0.998. The Kier molecular flexibility index (Phi) is 2.26. The van der Waals surface area contributed by atoms with Crippen LogP contribution in [0.1, 0.15) is 16.5 Å². The van der Waals surface area contributed by atoms with E-state index in [2.05, 4.69) is 0 Å². The zero-order chi connectivity index (χ0) is 8.43. The van der Waals surface area contributed by atoms with Crippen molar-refractivity contribution >= 4 is 17.3 Å². The van der Waals surface area contributed by atoms with Gasteiger partial charge in [0, 0.05) is 4.88 Å². The Morgan fingerprint density at radius 2 is 2.45 bits per heavy atom. The average molecular weight is 171 g/mol. The minimum absolute atomic E-state index is 0.734. The van der Waals surface area contributed by atoms with Crippen LogP contribution >= 0.6 is 11.3 Å². The van der Waals surface area contributed by atoms with Crippen LogP contribution in [0, 0.1) is 6.92 Å². The van der Waals surface area contributed by atoms with E-state index in [-0.39, 0.29) is 0 Å². The number of nitrogens with two attached hydrogens (primary N) is 1. The molecule has 0 unspecified atom stereocenters. The van der Waals surface area contributed by atoms with Crippen molar-refractivity contribution in [3.8, 4) is 0 Å². The fourth-order valence-electron chi connectivity index (χ4n) is 0.815. The summed E-state index contributed by atoms with van der Waals surface area (Å²) in [5, 5.41) is 10.4. The molecule has 3 nitrogen and oxygen atoms in total. The standard InChI is InChI=1S/C7H9NO2S/c1-4-2-3-11-6(4)5(8)7(9)10/h2-3,5H,8H2,1H3,(H,9,10)/t5-/m1/s1. The SMILES string of the molecule is Cc1ccsc1[C@@H](N)C(=O)O. The number of carboxylic acid groups (broad SMARTS) is 1. The zero-order valence-electron chi connectivity index (χ0n) is 6.07. The van der Waals surface area contributed by atoms with Gasteiger partial charge < -0.3 is 10.8 Å². The van der Waals surface area contributed by atoms with E-state index in [1.807, 2.05) is 18.4 Å². The quantitative estimate of drug-likeness (QED) is 0.701. The van der Waals surface area contributed by atoms with Crippen molar-refractivity contribution in [2.75, 3.05) is 0 Å². The lowest BCUT2D eigenvalue weighted by atomic mass is 10.2. The van der Waals surface area contributed by atoms with Crippen LogP contribution in [0.25, 0.3) is 0 Å². The minimum Gasteiger partial charge on any atom is -0.480 e. The van der Waals surface area contributed by atoms with E-state index in [0.717, 1.165) is 10.4 Å². The van der Waals surface area contributed by atoms with Gasteiger partial charge in [-0.1, -0.05) is 0 Å². The Morgan fingerprint density at radius 3 is 2.82 bits per heavy atom. The molecule has 0 bridgehead atoms. The Bertz CT molecular complexity index is 269. The summed E-state index contributed by atoms with van der Waals surface area (Å²) in [7, 11) is 0. The largest absolute Gasteiger partial charge is 0.480 e. The molecule has 0 spiro atoms. The number of hydrogen-bond donors (Lipinski definition) is 2. The highest BCUT2D eigenvalue weighted by atomic mass is 32.1. The first kappa shape index (κ1) is 8.23. The van der Waals surface area contributed by atoms with Gasteiger partial charge >= 0.3 is 5.97 Å². The first-order valence-corrected chi connectivity index (χ1v) is 4.03. The number of thiophene rings is 1. The molecule has 0 saturated heterocycles. The van der Waals surface area contributed by atoms with Gasteiger partial charge in [0.05, 0.1) is 0 Å². The number of aliphatic carboxylic acids is 1. The molecule has 0 aromatic carbocycles. The monoisotopic (exact) mass is 171 g/mol. The lowest BCUT2D eigenvalue weighted by Crippen LogP contribution is -2.20. The zero-order valence-corrected chi connectivity index (χ0v) is 6.89. The maximum Gasteiger partial charge on any atom is 0.325 e. The fraction of sp³-hybridized carbons (Fsp3) is 0.286. The minimum atomic E-state index is -0.976. The van der Waals surface area contributed by atoms with E-state index in [4.69, 9.17) is 10.8 Å². The first-order valence-electron chi connectivity index (χ1n) is 3.15. The lowest BCUT2D eigenvalue weighted by Gasteiger charge is -2.03. The molecule has 1 heterocycles. The molecule has 1 aromatic heterocycles. The first-order chi connectivity index (χ1) is 5.13. The van der Waals surface area contributed by atoms with E-state index < -0.39 is 12.0 Å². The van der Waals surface area contributed by atoms with E-state index >= 15 is 0 Å². The smallest absolute Gasteiger partial charge is 0.325 e. The highest BCUT2D eigenvalue weighted by Gasteiger charge is 2.16. The summed E-state index contributed by atoms with van der Waals surface area (Å²) < 4.78 is 0. The van der Waals surface area contributed by atoms with Crippen molar-refractivity contribution in [2.24, 2.45) is 5.73 Å². The molecule has 0 aliphatic carbocycles. The molecule has 11 heavy (non-hydrogen) atoms. The number of carboxylic acids is 1. The van der Waals surface area contributed by atoms with Gasteiger partial charge in [-0.05, 0) is 23.9 Å². The summed E-state index contributed by atoms with van der Waals surface area (Å²) in [4.78, 5) is 11.2. The van der Waals surface area contributed by atoms with Crippen molar-refractivity contribution in [1.29, 1.82) is 0 Å². The predicted molar refractivity (Wildman–Crippen MR) is 43.6 cm³/mol. The molecule has 0 aliphatic rings. The summed E-state index contributed by atoms with van der Waals surface area (Å²) in [5.74, 6) is -0.976. The predicted octanol–water partition coefficient (Wildman–Crippen LogP) is 1.14. The second-order valence-electron chi connectivity index (χ2n) is 2.28. The van der Waals surface area contributed by atoms with E-state index in [1.54, 1.807) is 0 Å². The maximum absolute atomic E-state index is 10.4. The van der Waals surface area contributed by atoms with Crippen molar-refractivity contribution < 1.29 is 9.90 Å². The molecule has 1 rings (SSSR count). The van der Waals surface area contributed by atoms with Crippen LogP contribution in [0.3, 0.4) is 0 Å². The summed E-state index contributed by atoms with van der Waals surface area (Å²) >= 11 is 1.38. The molecule has 0 amide bonds. The Balaban J connectivity index is 2.92. The third-order valence-electron chi connectivity index (χ3n) is 1.45. The average Bonchev–Trinajstić information content (AvgIpc) is 2.33. The van der Waals surface area contributed by atoms with Crippen molar-refractivity contribution in [1.82, 2.24) is 0 Å². The van der Waals surface area contributed by atoms with Crippen molar-refractivity contribution in [3.63, 3.8) is 0 Å². The molecule has 0 fully saturated rings. The van der Waals surface area contributed by atoms with Crippen molar-refractivity contribution in [3.05, 3.63) is 21.9 Å². The Morgan fingerprint density at radius 1 is 1.82 bits per heavy atom. The Hall–Kier alpha value is -0.870. The highest BCUT2D eigenvalue weighted by Crippen LogP contribution is 2.21. The topological polar surface area (TPSA) is 63.3 Å². The van der Waals surface area contributed by atoms with Crippen LogP contribution in [0.4, 0.5) is 0 Å². The summed E-state index contributed by atoms with van der Waals surface area (Å²) in [5.41, 5.74) is 6.34. The molecule has 4 heteroatoms. The van der Waals surface area contributed by atoms with E-state index in [9.17, 15) is 4.79 Å². The van der Waals surface area contributed by atoms with Gasteiger partial charge in [-0.2, -0.15) is 0 Å². The van der Waals surface area contributed by atoms with E-state index in [1.165, 1.54) is 11.3 Å². The van der Waals surface area contributed by atoms with Crippen LogP contribution in [-0.2, 0) is 4.79 Å². The van der Waals surface area contributed by atoms with Gasteiger partial charge in [0.15, 0.2) is 0 Å². The van der Waals surface area contributed by atoms with E-state index in [0.29, 0.717) is 0 Å². The summed E-state index contributed by atoms with van der Waals surface area (Å²) in [6.45, 7) is 1.86. The van der Waals surface area contributed by atoms with Crippen LogP contribution in [0.15, 0.2) is 11.4 Å². The normalized spacial score (nSPS) is 12.9. The number of aryl methyl sites for hydroxylation is 1. The van der Waals surface area contributed by atoms with Crippen LogP contribution in [0.5, 0.6) is 0 Å². The van der Waals surface area contributed by atoms with Gasteiger partial charge in [0.25, 0.3) is 0 Å². The van der Waals surface area contributed by atoms with Crippen LogP contribution in [-0.4, -0.2) is 11.1 Å².